The molecule has 0 unspecified atom stereocenters. The molecule has 0 fully saturated rings. The van der Waals surface area contributed by atoms with Crippen LogP contribution in [0.5, 0.6) is 0 Å². The van der Waals surface area contributed by atoms with Gasteiger partial charge in [-0.25, -0.2) is 9.97 Å². The van der Waals surface area contributed by atoms with Crippen molar-refractivity contribution in [3.8, 4) is 11.5 Å². The van der Waals surface area contributed by atoms with Crippen molar-refractivity contribution in [2.75, 3.05) is 0 Å². The highest BCUT2D eigenvalue weighted by molar-refractivity contribution is 7.98. The van der Waals surface area contributed by atoms with Crippen LogP contribution in [0.15, 0.2) is 44.7 Å². The van der Waals surface area contributed by atoms with Crippen LogP contribution in [-0.4, -0.2) is 15.0 Å². The number of aryl methyl sites for hydroxylation is 2. The van der Waals surface area contributed by atoms with E-state index in [0.717, 1.165) is 22.9 Å². The molecule has 0 bridgehead atoms. The molecule has 0 saturated heterocycles. The molecule has 0 spiro atoms. The summed E-state index contributed by atoms with van der Waals surface area (Å²) in [5, 5.41) is -0.121. The molecule has 2 heterocycles. The van der Waals surface area contributed by atoms with Crippen molar-refractivity contribution in [1.82, 2.24) is 15.0 Å². The maximum absolute atomic E-state index is 12.8. The average molecular weight is 381 g/mol. The molecule has 3 rings (SSSR count). The number of nitrogens with one attached hydrogen (secondary N) is 1. The van der Waals surface area contributed by atoms with Gasteiger partial charge in [0.1, 0.15) is 5.76 Å². The van der Waals surface area contributed by atoms with Gasteiger partial charge in [0.15, 0.2) is 10.9 Å². The third kappa shape index (κ3) is 3.98. The van der Waals surface area contributed by atoms with Crippen molar-refractivity contribution in [1.29, 1.82) is 0 Å². The van der Waals surface area contributed by atoms with Gasteiger partial charge in [0, 0.05) is 17.4 Å². The molecule has 3 aromatic rings. The molecule has 26 heavy (non-hydrogen) atoms. The topological polar surface area (TPSA) is 71.8 Å². The monoisotopic (exact) mass is 381 g/mol. The van der Waals surface area contributed by atoms with Gasteiger partial charge in [-0.2, -0.15) is 13.2 Å². The number of halogens is 3. The molecule has 0 aliphatic carbocycles. The van der Waals surface area contributed by atoms with Crippen LogP contribution in [0, 0.1) is 13.8 Å². The van der Waals surface area contributed by atoms with Gasteiger partial charge in [-0.05, 0) is 25.5 Å². The zero-order valence-electron chi connectivity index (χ0n) is 13.8. The molecule has 0 radical (unpaired) electrons. The standard InChI is InChI=1S/C17H14F3N3O2S/c1-9-5-3-4-6-11(9)15-21-12(10(2)25-15)8-26-16-22-13(17(18,19)20)7-14(24)23-16/h3-7H,8H2,1-2H3,(H,22,23,24). The van der Waals surface area contributed by atoms with E-state index in [-0.39, 0.29) is 10.9 Å². The first-order valence-corrected chi connectivity index (χ1v) is 8.56. The van der Waals surface area contributed by atoms with Crippen LogP contribution in [0.2, 0.25) is 0 Å². The number of rotatable bonds is 4. The highest BCUT2D eigenvalue weighted by Gasteiger charge is 2.33. The van der Waals surface area contributed by atoms with Crippen molar-refractivity contribution in [3.63, 3.8) is 0 Å². The van der Waals surface area contributed by atoms with Gasteiger partial charge in [-0.1, -0.05) is 30.0 Å². The molecule has 0 amide bonds. The van der Waals surface area contributed by atoms with E-state index in [0.29, 0.717) is 23.4 Å². The summed E-state index contributed by atoms with van der Waals surface area (Å²) in [6.07, 6.45) is -4.68. The van der Waals surface area contributed by atoms with Crippen LogP contribution >= 0.6 is 11.8 Å². The number of aromatic amines is 1. The van der Waals surface area contributed by atoms with Crippen LogP contribution in [0.3, 0.4) is 0 Å². The Bertz CT molecular complexity index is 995. The third-order valence-corrected chi connectivity index (χ3v) is 4.51. The first-order valence-electron chi connectivity index (χ1n) is 7.57. The summed E-state index contributed by atoms with van der Waals surface area (Å²) < 4.78 is 43.9. The number of benzene rings is 1. The van der Waals surface area contributed by atoms with Gasteiger partial charge in [0.05, 0.1) is 5.69 Å². The Labute approximate surface area is 150 Å². The van der Waals surface area contributed by atoms with E-state index in [1.165, 1.54) is 0 Å². The van der Waals surface area contributed by atoms with Gasteiger partial charge in [0.2, 0.25) is 5.89 Å². The Balaban J connectivity index is 1.82. The average Bonchev–Trinajstić information content (AvgIpc) is 2.93. The predicted molar refractivity (Wildman–Crippen MR) is 90.8 cm³/mol. The van der Waals surface area contributed by atoms with E-state index < -0.39 is 17.4 Å². The molecule has 9 heteroatoms. The molecule has 136 valence electrons. The second kappa shape index (κ2) is 6.99. The fraction of sp³-hybridized carbons (Fsp3) is 0.235. The first kappa shape index (κ1) is 18.2. The SMILES string of the molecule is Cc1ccccc1-c1nc(CSc2nc(C(F)(F)F)cc(=O)[nH]2)c(C)o1. The summed E-state index contributed by atoms with van der Waals surface area (Å²) in [5.41, 5.74) is 0.344. The van der Waals surface area contributed by atoms with Gasteiger partial charge in [0.25, 0.3) is 5.56 Å². The Kier molecular flexibility index (Phi) is 4.90. The highest BCUT2D eigenvalue weighted by Crippen LogP contribution is 2.30. The zero-order chi connectivity index (χ0) is 18.9. The number of oxazole rings is 1. The van der Waals surface area contributed by atoms with E-state index >= 15 is 0 Å². The van der Waals surface area contributed by atoms with Crippen LogP contribution < -0.4 is 5.56 Å². The number of thioether (sulfide) groups is 1. The van der Waals surface area contributed by atoms with Crippen molar-refractivity contribution in [3.05, 3.63) is 63.4 Å². The molecule has 0 aliphatic rings. The number of hydrogen-bond acceptors (Lipinski definition) is 5. The minimum atomic E-state index is -4.68. The van der Waals surface area contributed by atoms with Crippen molar-refractivity contribution < 1.29 is 17.6 Å². The van der Waals surface area contributed by atoms with E-state index in [9.17, 15) is 18.0 Å². The number of hydrogen-bond donors (Lipinski definition) is 1. The molecule has 1 aromatic carbocycles. The normalized spacial score (nSPS) is 11.7. The zero-order valence-corrected chi connectivity index (χ0v) is 14.7. The van der Waals surface area contributed by atoms with Gasteiger partial charge in [-0.15, -0.1) is 0 Å². The molecule has 1 N–H and O–H groups in total. The second-order valence-electron chi connectivity index (χ2n) is 5.56. The van der Waals surface area contributed by atoms with E-state index in [1.807, 2.05) is 31.2 Å². The van der Waals surface area contributed by atoms with Gasteiger partial charge in [-0.3, -0.25) is 4.79 Å². The summed E-state index contributed by atoms with van der Waals surface area (Å²) in [5.74, 6) is 1.22. The smallest absolute Gasteiger partial charge is 0.433 e. The number of nitrogens with zero attached hydrogens (tertiary/aromatic N) is 2. The number of aromatic nitrogens is 3. The number of H-pyrrole nitrogens is 1. The summed E-state index contributed by atoms with van der Waals surface area (Å²) in [6, 6.07) is 8.01. The van der Waals surface area contributed by atoms with Crippen LogP contribution in [0.1, 0.15) is 22.7 Å². The van der Waals surface area contributed by atoms with E-state index in [1.54, 1.807) is 6.92 Å². The highest BCUT2D eigenvalue weighted by atomic mass is 32.2. The Hall–Kier alpha value is -2.55. The lowest BCUT2D eigenvalue weighted by molar-refractivity contribution is -0.141. The fourth-order valence-electron chi connectivity index (χ4n) is 2.28. The molecule has 0 atom stereocenters. The molecular formula is C17H14F3N3O2S. The van der Waals surface area contributed by atoms with E-state index in [4.69, 9.17) is 4.42 Å². The maximum atomic E-state index is 12.8. The Morgan fingerprint density at radius 2 is 1.92 bits per heavy atom. The van der Waals surface area contributed by atoms with Crippen molar-refractivity contribution in [2.24, 2.45) is 0 Å². The largest absolute Gasteiger partial charge is 0.441 e. The molecule has 2 aromatic heterocycles. The van der Waals surface area contributed by atoms with Crippen LogP contribution in [-0.2, 0) is 11.9 Å². The van der Waals surface area contributed by atoms with Gasteiger partial charge >= 0.3 is 6.18 Å². The minimum Gasteiger partial charge on any atom is -0.441 e. The van der Waals surface area contributed by atoms with E-state index in [2.05, 4.69) is 15.0 Å². The summed E-state index contributed by atoms with van der Waals surface area (Å²) in [6.45, 7) is 3.66. The summed E-state index contributed by atoms with van der Waals surface area (Å²) in [7, 11) is 0. The molecule has 5 nitrogen and oxygen atoms in total. The molecule has 0 saturated carbocycles. The molecule has 0 aliphatic heterocycles. The van der Waals surface area contributed by atoms with Crippen molar-refractivity contribution in [2.45, 2.75) is 30.9 Å². The Morgan fingerprint density at radius 3 is 2.62 bits per heavy atom. The maximum Gasteiger partial charge on any atom is 0.433 e. The lowest BCUT2D eigenvalue weighted by Gasteiger charge is -2.06. The third-order valence-electron chi connectivity index (χ3n) is 3.62. The van der Waals surface area contributed by atoms with Crippen LogP contribution in [0.4, 0.5) is 13.2 Å². The number of alkyl halides is 3. The van der Waals surface area contributed by atoms with Crippen LogP contribution in [0.25, 0.3) is 11.5 Å². The van der Waals surface area contributed by atoms with Gasteiger partial charge < -0.3 is 9.40 Å². The quantitative estimate of drug-likeness (QED) is 0.537. The fourth-order valence-corrected chi connectivity index (χ4v) is 3.15. The lowest BCUT2D eigenvalue weighted by atomic mass is 10.1. The second-order valence-corrected chi connectivity index (χ2v) is 6.52. The minimum absolute atomic E-state index is 0.121. The first-order chi connectivity index (χ1) is 12.2. The predicted octanol–water partition coefficient (Wildman–Crippen LogP) is 4.35. The Morgan fingerprint density at radius 1 is 1.19 bits per heavy atom. The summed E-state index contributed by atoms with van der Waals surface area (Å²) in [4.78, 5) is 21.6. The summed E-state index contributed by atoms with van der Waals surface area (Å²) >= 11 is 0.956. The lowest BCUT2D eigenvalue weighted by Crippen LogP contribution is -2.16. The van der Waals surface area contributed by atoms with Crippen molar-refractivity contribution >= 4 is 11.8 Å². The molecular weight excluding hydrogens is 367 g/mol.